The number of rotatable bonds is 7. The van der Waals surface area contributed by atoms with Crippen LogP contribution in [0.1, 0.15) is 47.0 Å². The molecule has 0 fully saturated rings. The second-order valence-corrected chi connectivity index (χ2v) is 5.39. The highest BCUT2D eigenvalue weighted by Gasteiger charge is 2.39. The van der Waals surface area contributed by atoms with Crippen LogP contribution >= 0.6 is 0 Å². The van der Waals surface area contributed by atoms with Crippen molar-refractivity contribution < 1.29 is 9.90 Å². The van der Waals surface area contributed by atoms with Crippen molar-refractivity contribution in [3.8, 4) is 0 Å². The van der Waals surface area contributed by atoms with E-state index in [0.29, 0.717) is 6.54 Å². The Labute approximate surface area is 98.6 Å². The second kappa shape index (κ2) is 6.21. The smallest absolute Gasteiger partial charge is 0.227 e. The van der Waals surface area contributed by atoms with Crippen LogP contribution in [0, 0.1) is 5.41 Å². The largest absolute Gasteiger partial charge is 0.396 e. The quantitative estimate of drug-likeness (QED) is 0.572. The first-order valence-corrected chi connectivity index (χ1v) is 5.91. The molecule has 0 spiro atoms. The molecule has 0 unspecified atom stereocenters. The van der Waals surface area contributed by atoms with Gasteiger partial charge in [-0.15, -0.1) is 0 Å². The molecule has 0 rings (SSSR count). The van der Waals surface area contributed by atoms with Gasteiger partial charge >= 0.3 is 0 Å². The van der Waals surface area contributed by atoms with Crippen molar-refractivity contribution in [1.82, 2.24) is 5.32 Å². The van der Waals surface area contributed by atoms with Crippen LogP contribution < -0.4 is 11.1 Å². The van der Waals surface area contributed by atoms with Gasteiger partial charge in [0.05, 0.1) is 5.41 Å². The third-order valence-electron chi connectivity index (χ3n) is 3.30. The number of aliphatic hydroxyl groups excluding tert-OH is 1. The summed E-state index contributed by atoms with van der Waals surface area (Å²) in [7, 11) is 0. The number of nitrogens with two attached hydrogens (primary N) is 1. The molecule has 16 heavy (non-hydrogen) atoms. The molecule has 0 aliphatic rings. The van der Waals surface area contributed by atoms with Gasteiger partial charge in [0.15, 0.2) is 0 Å². The Morgan fingerprint density at radius 3 is 2.19 bits per heavy atom. The fourth-order valence-electron chi connectivity index (χ4n) is 1.13. The zero-order chi connectivity index (χ0) is 12.8. The van der Waals surface area contributed by atoms with Crippen molar-refractivity contribution in [3.05, 3.63) is 0 Å². The van der Waals surface area contributed by atoms with Crippen LogP contribution in [-0.2, 0) is 4.79 Å². The van der Waals surface area contributed by atoms with Gasteiger partial charge in [0, 0.05) is 18.7 Å². The molecule has 4 heteroatoms. The lowest BCUT2D eigenvalue weighted by atomic mass is 9.74. The van der Waals surface area contributed by atoms with Crippen molar-refractivity contribution in [1.29, 1.82) is 0 Å². The minimum absolute atomic E-state index is 0.0102. The van der Waals surface area contributed by atoms with Crippen LogP contribution in [-0.4, -0.2) is 29.7 Å². The first kappa shape index (κ1) is 15.4. The monoisotopic (exact) mass is 230 g/mol. The molecule has 0 radical (unpaired) electrons. The molecule has 0 heterocycles. The van der Waals surface area contributed by atoms with E-state index in [1.54, 1.807) is 0 Å². The van der Waals surface area contributed by atoms with Gasteiger partial charge in [0.25, 0.3) is 0 Å². The van der Waals surface area contributed by atoms with E-state index >= 15 is 0 Å². The molecule has 0 aromatic carbocycles. The Kier molecular flexibility index (Phi) is 5.97. The number of carbonyl (C=O) groups excluding carboxylic acids is 1. The first-order valence-electron chi connectivity index (χ1n) is 5.91. The van der Waals surface area contributed by atoms with Gasteiger partial charge in [-0.05, 0) is 47.0 Å². The third-order valence-corrected chi connectivity index (χ3v) is 3.30. The molecule has 4 nitrogen and oxygen atoms in total. The normalized spacial score (nSPS) is 12.6. The summed E-state index contributed by atoms with van der Waals surface area (Å²) >= 11 is 0. The van der Waals surface area contributed by atoms with Crippen LogP contribution in [0.3, 0.4) is 0 Å². The molecule has 0 saturated heterocycles. The molecule has 4 N–H and O–H groups in total. The highest BCUT2D eigenvalue weighted by atomic mass is 16.2. The number of unbranched alkanes of at least 4 members (excludes halogenated alkanes) is 2. The third kappa shape index (κ3) is 4.49. The minimum Gasteiger partial charge on any atom is -0.396 e. The van der Waals surface area contributed by atoms with Gasteiger partial charge < -0.3 is 16.2 Å². The Morgan fingerprint density at radius 1 is 1.19 bits per heavy atom. The van der Waals surface area contributed by atoms with E-state index in [2.05, 4.69) is 5.32 Å². The number of hydrogen-bond acceptors (Lipinski definition) is 3. The highest BCUT2D eigenvalue weighted by Crippen LogP contribution is 2.28. The second-order valence-electron chi connectivity index (χ2n) is 5.39. The van der Waals surface area contributed by atoms with Crippen molar-refractivity contribution in [2.45, 2.75) is 52.5 Å². The summed E-state index contributed by atoms with van der Waals surface area (Å²) in [5.41, 5.74) is 4.85. The Bertz CT molecular complexity index is 220. The number of aliphatic hydroxyl groups is 1. The van der Waals surface area contributed by atoms with E-state index < -0.39 is 11.0 Å². The molecule has 0 bridgehead atoms. The molecular formula is C12H26N2O2. The zero-order valence-corrected chi connectivity index (χ0v) is 11.0. The number of amides is 1. The molecule has 0 saturated carbocycles. The SMILES string of the molecule is CC(C)(N)C(C)(C)C(=O)NCCCCCO. The lowest BCUT2D eigenvalue weighted by Crippen LogP contribution is -2.55. The van der Waals surface area contributed by atoms with E-state index in [-0.39, 0.29) is 12.5 Å². The Balaban J connectivity index is 3.98. The number of nitrogens with one attached hydrogen (secondary N) is 1. The zero-order valence-electron chi connectivity index (χ0n) is 11.0. The maximum atomic E-state index is 11.9. The van der Waals surface area contributed by atoms with Crippen molar-refractivity contribution in [2.75, 3.05) is 13.2 Å². The summed E-state index contributed by atoms with van der Waals surface area (Å²) in [5, 5.41) is 11.5. The molecular weight excluding hydrogens is 204 g/mol. The summed E-state index contributed by atoms with van der Waals surface area (Å²) in [4.78, 5) is 11.9. The Hall–Kier alpha value is -0.610. The van der Waals surface area contributed by atoms with Crippen molar-refractivity contribution in [2.24, 2.45) is 11.1 Å². The van der Waals surface area contributed by atoms with E-state index in [4.69, 9.17) is 10.8 Å². The van der Waals surface area contributed by atoms with Gasteiger partial charge in [-0.1, -0.05) is 0 Å². The molecule has 0 aliphatic heterocycles. The predicted octanol–water partition coefficient (Wildman–Crippen LogP) is 1.03. The van der Waals surface area contributed by atoms with Crippen LogP contribution in [0.4, 0.5) is 0 Å². The van der Waals surface area contributed by atoms with Crippen LogP contribution in [0.25, 0.3) is 0 Å². The maximum Gasteiger partial charge on any atom is 0.227 e. The summed E-state index contributed by atoms with van der Waals surface area (Å²) in [5.74, 6) is -0.0102. The lowest BCUT2D eigenvalue weighted by Gasteiger charge is -2.36. The molecule has 96 valence electrons. The van der Waals surface area contributed by atoms with Crippen LogP contribution in [0.2, 0.25) is 0 Å². The number of hydrogen-bond donors (Lipinski definition) is 3. The predicted molar refractivity (Wildman–Crippen MR) is 66.0 cm³/mol. The summed E-state index contributed by atoms with van der Waals surface area (Å²) in [6, 6.07) is 0. The van der Waals surface area contributed by atoms with E-state index in [1.165, 1.54) is 0 Å². The molecule has 0 aromatic rings. The van der Waals surface area contributed by atoms with Crippen molar-refractivity contribution in [3.63, 3.8) is 0 Å². The van der Waals surface area contributed by atoms with Crippen LogP contribution in [0.5, 0.6) is 0 Å². The Morgan fingerprint density at radius 2 is 1.75 bits per heavy atom. The van der Waals surface area contributed by atoms with Gasteiger partial charge in [0.2, 0.25) is 5.91 Å². The topological polar surface area (TPSA) is 75.4 Å². The summed E-state index contributed by atoms with van der Waals surface area (Å²) < 4.78 is 0. The molecule has 1 amide bonds. The summed E-state index contributed by atoms with van der Waals surface area (Å²) in [6.07, 6.45) is 2.62. The molecule has 0 aliphatic carbocycles. The first-order chi connectivity index (χ1) is 7.23. The van der Waals surface area contributed by atoms with Gasteiger partial charge in [-0.3, -0.25) is 4.79 Å². The molecule has 0 aromatic heterocycles. The van der Waals surface area contributed by atoms with Crippen LogP contribution in [0.15, 0.2) is 0 Å². The minimum atomic E-state index is -0.579. The molecule has 0 atom stereocenters. The average molecular weight is 230 g/mol. The fourth-order valence-corrected chi connectivity index (χ4v) is 1.13. The summed E-state index contributed by atoms with van der Waals surface area (Å²) in [6.45, 7) is 8.30. The van der Waals surface area contributed by atoms with E-state index in [9.17, 15) is 4.79 Å². The standard InChI is InChI=1S/C12H26N2O2/c1-11(2,12(3,4)13)10(16)14-8-6-5-7-9-15/h15H,5-9,13H2,1-4H3,(H,14,16). The average Bonchev–Trinajstić information content (AvgIpc) is 2.15. The number of carbonyl (C=O) groups is 1. The van der Waals surface area contributed by atoms with Gasteiger partial charge in [-0.2, -0.15) is 0 Å². The van der Waals surface area contributed by atoms with Crippen molar-refractivity contribution >= 4 is 5.91 Å². The lowest BCUT2D eigenvalue weighted by molar-refractivity contribution is -0.132. The maximum absolute atomic E-state index is 11.9. The van der Waals surface area contributed by atoms with Gasteiger partial charge in [0.1, 0.15) is 0 Å². The highest BCUT2D eigenvalue weighted by molar-refractivity contribution is 5.83. The van der Waals surface area contributed by atoms with E-state index in [0.717, 1.165) is 19.3 Å². The van der Waals surface area contributed by atoms with Gasteiger partial charge in [-0.25, -0.2) is 0 Å². The fraction of sp³-hybridized carbons (Fsp3) is 0.917. The van der Waals surface area contributed by atoms with E-state index in [1.807, 2.05) is 27.7 Å².